The van der Waals surface area contributed by atoms with Gasteiger partial charge in [-0.2, -0.15) is 5.26 Å². The van der Waals surface area contributed by atoms with Gasteiger partial charge in [0.2, 0.25) is 5.91 Å². The molecular formula is C30H30N4O3S2. The van der Waals surface area contributed by atoms with E-state index in [4.69, 9.17) is 4.74 Å². The topological polar surface area (TPSA) is 103 Å². The highest BCUT2D eigenvalue weighted by Crippen LogP contribution is 2.42. The Kier molecular flexibility index (Phi) is 9.84. The Balaban J connectivity index is 1.47. The number of nitrogens with one attached hydrogen (secondary N) is 3. The molecule has 0 fully saturated rings. The molecule has 4 rings (SSSR count). The van der Waals surface area contributed by atoms with Crippen LogP contribution in [0.3, 0.4) is 0 Å². The van der Waals surface area contributed by atoms with Crippen LogP contribution in [0.1, 0.15) is 37.5 Å². The molecule has 0 saturated heterocycles. The second-order valence-corrected chi connectivity index (χ2v) is 10.8. The summed E-state index contributed by atoms with van der Waals surface area (Å²) in [6, 6.07) is 22.6. The van der Waals surface area contributed by atoms with E-state index in [1.165, 1.54) is 23.1 Å². The van der Waals surface area contributed by atoms with Gasteiger partial charge in [0.05, 0.1) is 34.9 Å². The molecule has 0 bridgehead atoms. The van der Waals surface area contributed by atoms with E-state index in [9.17, 15) is 14.9 Å². The molecule has 1 aliphatic heterocycles. The van der Waals surface area contributed by atoms with E-state index in [1.807, 2.05) is 66.9 Å². The van der Waals surface area contributed by atoms with Gasteiger partial charge in [0, 0.05) is 27.5 Å². The number of nitriles is 1. The maximum absolute atomic E-state index is 13.4. The summed E-state index contributed by atoms with van der Waals surface area (Å²) < 4.78 is 5.67. The monoisotopic (exact) mass is 558 g/mol. The smallest absolute Gasteiger partial charge is 0.254 e. The molecule has 1 aliphatic rings. The molecule has 7 nitrogen and oxygen atoms in total. The van der Waals surface area contributed by atoms with Gasteiger partial charge in [0.25, 0.3) is 5.91 Å². The molecule has 2 amide bonds. The molecule has 39 heavy (non-hydrogen) atoms. The second-order valence-electron chi connectivity index (χ2n) is 8.85. The maximum Gasteiger partial charge on any atom is 0.254 e. The third-order valence-corrected chi connectivity index (χ3v) is 7.96. The minimum absolute atomic E-state index is 0.0955. The molecule has 200 valence electrons. The van der Waals surface area contributed by atoms with Crippen LogP contribution >= 0.6 is 23.1 Å². The normalized spacial score (nSPS) is 14.8. The van der Waals surface area contributed by atoms with Gasteiger partial charge in [0.1, 0.15) is 5.75 Å². The van der Waals surface area contributed by atoms with Crippen LogP contribution < -0.4 is 20.7 Å². The minimum Gasteiger partial charge on any atom is -0.494 e. The van der Waals surface area contributed by atoms with E-state index in [-0.39, 0.29) is 17.6 Å². The van der Waals surface area contributed by atoms with Crippen LogP contribution in [0.4, 0.5) is 11.4 Å². The van der Waals surface area contributed by atoms with Crippen molar-refractivity contribution in [3.63, 3.8) is 0 Å². The highest BCUT2D eigenvalue weighted by Gasteiger charge is 2.35. The summed E-state index contributed by atoms with van der Waals surface area (Å²) in [7, 11) is 0. The number of para-hydroxylation sites is 1. The Morgan fingerprint density at radius 2 is 1.79 bits per heavy atom. The first-order chi connectivity index (χ1) is 19.0. The summed E-state index contributed by atoms with van der Waals surface area (Å²) in [5, 5.41) is 21.7. The van der Waals surface area contributed by atoms with Crippen molar-refractivity contribution in [2.24, 2.45) is 0 Å². The number of hydrogen-bond donors (Lipinski definition) is 3. The highest BCUT2D eigenvalue weighted by atomic mass is 32.2. The summed E-state index contributed by atoms with van der Waals surface area (Å²) in [4.78, 5) is 27.0. The van der Waals surface area contributed by atoms with Gasteiger partial charge >= 0.3 is 0 Å². The number of hydrogen-bond acceptors (Lipinski definition) is 7. The van der Waals surface area contributed by atoms with E-state index in [0.717, 1.165) is 23.5 Å². The number of thiophene rings is 1. The van der Waals surface area contributed by atoms with Gasteiger partial charge in [-0.1, -0.05) is 49.4 Å². The molecule has 0 spiro atoms. The summed E-state index contributed by atoms with van der Waals surface area (Å²) in [6.07, 6.45) is 2.06. The third kappa shape index (κ3) is 7.31. The Morgan fingerprint density at radius 3 is 2.46 bits per heavy atom. The molecule has 1 aromatic heterocycles. The lowest BCUT2D eigenvalue weighted by atomic mass is 9.86. The van der Waals surface area contributed by atoms with E-state index in [0.29, 0.717) is 39.9 Å². The van der Waals surface area contributed by atoms with Crippen molar-refractivity contribution in [1.82, 2.24) is 5.32 Å². The largest absolute Gasteiger partial charge is 0.494 e. The van der Waals surface area contributed by atoms with E-state index >= 15 is 0 Å². The van der Waals surface area contributed by atoms with Gasteiger partial charge in [0.15, 0.2) is 0 Å². The summed E-state index contributed by atoms with van der Waals surface area (Å²) in [5.74, 6) is -0.154. The lowest BCUT2D eigenvalue weighted by molar-refractivity contribution is -0.114. The molecule has 2 heterocycles. The average molecular weight is 559 g/mol. The van der Waals surface area contributed by atoms with Crippen LogP contribution in [0.2, 0.25) is 0 Å². The predicted octanol–water partition coefficient (Wildman–Crippen LogP) is 6.63. The van der Waals surface area contributed by atoms with Crippen molar-refractivity contribution in [2.45, 2.75) is 32.6 Å². The van der Waals surface area contributed by atoms with Crippen molar-refractivity contribution in [3.8, 4) is 11.8 Å². The first-order valence-corrected chi connectivity index (χ1v) is 14.5. The number of carbonyl (C=O) groups excluding carboxylic acids is 2. The Hall–Kier alpha value is -4.00. The molecule has 3 aromatic rings. The highest BCUT2D eigenvalue weighted by molar-refractivity contribution is 8.03. The van der Waals surface area contributed by atoms with Crippen molar-refractivity contribution >= 4 is 46.3 Å². The Morgan fingerprint density at radius 1 is 1.05 bits per heavy atom. The number of amides is 2. The van der Waals surface area contributed by atoms with Gasteiger partial charge < -0.3 is 20.7 Å². The lowest BCUT2D eigenvalue weighted by Gasteiger charge is -2.29. The van der Waals surface area contributed by atoms with Crippen LogP contribution in [0, 0.1) is 11.3 Å². The third-order valence-electron chi connectivity index (χ3n) is 6.00. The number of carbonyl (C=O) groups is 2. The summed E-state index contributed by atoms with van der Waals surface area (Å²) >= 11 is 2.73. The zero-order valence-corrected chi connectivity index (χ0v) is 23.5. The van der Waals surface area contributed by atoms with E-state index in [2.05, 4.69) is 28.9 Å². The van der Waals surface area contributed by atoms with Crippen LogP contribution in [-0.4, -0.2) is 24.2 Å². The molecule has 0 saturated carbocycles. The van der Waals surface area contributed by atoms with Gasteiger partial charge in [-0.25, -0.2) is 0 Å². The molecule has 9 heteroatoms. The van der Waals surface area contributed by atoms with Crippen LogP contribution in [-0.2, 0) is 9.59 Å². The number of allylic oxidation sites excluding steroid dienone is 2. The maximum atomic E-state index is 13.4. The zero-order valence-electron chi connectivity index (χ0n) is 21.8. The first kappa shape index (κ1) is 28.0. The molecule has 3 N–H and O–H groups in total. The average Bonchev–Trinajstić information content (AvgIpc) is 3.48. The number of thioether (sulfide) groups is 1. The molecule has 1 atom stereocenters. The van der Waals surface area contributed by atoms with Crippen molar-refractivity contribution in [2.75, 3.05) is 23.0 Å². The summed E-state index contributed by atoms with van der Waals surface area (Å²) in [5.41, 5.74) is 2.87. The van der Waals surface area contributed by atoms with Crippen molar-refractivity contribution < 1.29 is 14.3 Å². The fraction of sp³-hybridized carbons (Fsp3) is 0.233. The van der Waals surface area contributed by atoms with Crippen LogP contribution in [0.15, 0.2) is 94.0 Å². The lowest BCUT2D eigenvalue weighted by Crippen LogP contribution is -2.30. The van der Waals surface area contributed by atoms with Gasteiger partial charge in [-0.3, -0.25) is 9.59 Å². The predicted molar refractivity (Wildman–Crippen MR) is 159 cm³/mol. The van der Waals surface area contributed by atoms with Crippen molar-refractivity contribution in [1.29, 1.82) is 5.26 Å². The number of dihydropyridines is 1. The molecular weight excluding hydrogens is 528 g/mol. The number of rotatable bonds is 11. The van der Waals surface area contributed by atoms with Crippen LogP contribution in [0.5, 0.6) is 5.75 Å². The molecule has 2 aromatic carbocycles. The second kappa shape index (κ2) is 13.7. The summed E-state index contributed by atoms with van der Waals surface area (Å²) in [6.45, 7) is 4.59. The standard InChI is InChI=1S/C30H30N4O3S2/c1-3-4-16-37-23-14-12-22(13-15-23)33-26(35)19-39-30-24(18-31)28(25-11-8-17-38-25)27(20(2)32-30)29(36)34-21-9-6-5-7-10-21/h5-15,17,28,32H,3-4,16,19H2,1-2H3,(H,33,35)(H,34,36)/t28-/m1/s1. The van der Waals surface area contributed by atoms with Gasteiger partial charge in [-0.05, 0) is 61.2 Å². The SMILES string of the molecule is CCCCOc1ccc(NC(=O)CSC2=C(C#N)[C@H](c3cccs3)C(C(=O)Nc3ccccc3)=C(C)N2)cc1. The number of unbranched alkanes of at least 4 members (excludes halogenated alkanes) is 1. The fourth-order valence-corrected chi connectivity index (χ4v) is 5.83. The quantitative estimate of drug-likeness (QED) is 0.228. The van der Waals surface area contributed by atoms with Crippen LogP contribution in [0.25, 0.3) is 0 Å². The van der Waals surface area contributed by atoms with Crippen molar-refractivity contribution in [3.05, 3.63) is 98.9 Å². The van der Waals surface area contributed by atoms with Gasteiger partial charge in [-0.15, -0.1) is 11.3 Å². The zero-order chi connectivity index (χ0) is 27.6. The number of benzene rings is 2. The number of anilines is 2. The number of ether oxygens (including phenoxy) is 1. The minimum atomic E-state index is -0.536. The Labute approximate surface area is 237 Å². The van der Waals surface area contributed by atoms with E-state index in [1.54, 1.807) is 12.1 Å². The fourth-order valence-electron chi connectivity index (χ4n) is 4.09. The van der Waals surface area contributed by atoms with E-state index < -0.39 is 5.92 Å². The Bertz CT molecular complexity index is 1390. The molecule has 0 unspecified atom stereocenters. The first-order valence-electron chi connectivity index (χ1n) is 12.7. The molecule has 0 aliphatic carbocycles. The molecule has 0 radical (unpaired) electrons. The number of nitrogens with zero attached hydrogens (tertiary/aromatic N) is 1.